The molecule has 2 aliphatic heterocycles. The number of hydrogen-bond donors (Lipinski definition) is 4. The molecule has 11 nitrogen and oxygen atoms in total. The molecular formula is C42H33ClFN3O8. The molecule has 2 saturated heterocycles. The van der Waals surface area contributed by atoms with Crippen LogP contribution in [0.15, 0.2) is 109 Å². The van der Waals surface area contributed by atoms with Gasteiger partial charge in [-0.05, 0) is 84.8 Å². The summed E-state index contributed by atoms with van der Waals surface area (Å²) in [6.45, 7) is 3.82. The first-order chi connectivity index (χ1) is 26.4. The summed E-state index contributed by atoms with van der Waals surface area (Å²) in [7, 11) is 0. The highest BCUT2D eigenvalue weighted by molar-refractivity contribution is 6.30. The lowest BCUT2D eigenvalue weighted by atomic mass is 9.49. The first-order valence-corrected chi connectivity index (χ1v) is 18.0. The van der Waals surface area contributed by atoms with Gasteiger partial charge in [0.25, 0.3) is 11.8 Å². The number of carboxylic acids is 1. The maximum atomic E-state index is 15.3. The molecule has 4 aromatic carbocycles. The van der Waals surface area contributed by atoms with E-state index in [2.05, 4.69) is 12.0 Å². The molecule has 0 spiro atoms. The highest BCUT2D eigenvalue weighted by Crippen LogP contribution is 2.65. The number of allylic oxidation sites excluding steroid dienone is 3. The highest BCUT2D eigenvalue weighted by Gasteiger charge is 2.70. The maximum absolute atomic E-state index is 15.3. The van der Waals surface area contributed by atoms with Crippen LogP contribution in [0.1, 0.15) is 45.8 Å². The van der Waals surface area contributed by atoms with E-state index in [0.717, 1.165) is 22.0 Å². The number of carbonyl (C=O) groups is 5. The zero-order chi connectivity index (χ0) is 38.9. The third-order valence-electron chi connectivity index (χ3n) is 11.6. The molecule has 4 N–H and O–H groups in total. The summed E-state index contributed by atoms with van der Waals surface area (Å²) in [6, 6.07) is 20.3. The van der Waals surface area contributed by atoms with Crippen LogP contribution in [0.5, 0.6) is 11.5 Å². The van der Waals surface area contributed by atoms with Crippen LogP contribution in [0.3, 0.4) is 0 Å². The Hall–Kier alpha value is -6.27. The van der Waals surface area contributed by atoms with Gasteiger partial charge in [-0.2, -0.15) is 5.01 Å². The predicted octanol–water partition coefficient (Wildman–Crippen LogP) is 6.51. The zero-order valence-corrected chi connectivity index (χ0v) is 29.7. The second-order valence-electron chi connectivity index (χ2n) is 14.2. The van der Waals surface area contributed by atoms with E-state index in [1.807, 2.05) is 6.08 Å². The SMILES string of the molecule is C=CCc1cccc([C@H]2C3=CC[C@@H]4C(=O)N(c5ccc(C(=O)O)c(O)c5)C(=O)[C@@H]4[C@@H]3C[C@H]3C(=O)N(Nc4ccc(F)cc4)C(=O)[C@@]23c2ccc(Cl)cc2)c1O. The van der Waals surface area contributed by atoms with E-state index in [0.29, 0.717) is 27.3 Å². The van der Waals surface area contributed by atoms with Crippen LogP contribution < -0.4 is 10.3 Å². The van der Waals surface area contributed by atoms with E-state index in [1.165, 1.54) is 30.3 Å². The number of halogens is 2. The van der Waals surface area contributed by atoms with Gasteiger partial charge < -0.3 is 15.3 Å². The lowest BCUT2D eigenvalue weighted by Gasteiger charge is -2.50. The fraction of sp³-hybridized carbons (Fsp3) is 0.214. The van der Waals surface area contributed by atoms with Crippen LogP contribution in [-0.4, -0.2) is 49.9 Å². The van der Waals surface area contributed by atoms with Crippen molar-refractivity contribution < 1.29 is 43.7 Å². The fourth-order valence-corrected chi connectivity index (χ4v) is 9.38. The molecule has 6 atom stereocenters. The van der Waals surface area contributed by atoms with E-state index in [9.17, 15) is 38.9 Å². The van der Waals surface area contributed by atoms with Crippen molar-refractivity contribution in [2.24, 2.45) is 23.7 Å². The summed E-state index contributed by atoms with van der Waals surface area (Å²) >= 11 is 6.35. The van der Waals surface area contributed by atoms with Gasteiger partial charge >= 0.3 is 5.97 Å². The van der Waals surface area contributed by atoms with Crippen molar-refractivity contribution in [2.45, 2.75) is 30.6 Å². The van der Waals surface area contributed by atoms with Crippen molar-refractivity contribution >= 4 is 52.6 Å². The average Bonchev–Trinajstić information content (AvgIpc) is 3.54. The first-order valence-electron chi connectivity index (χ1n) is 17.6. The van der Waals surface area contributed by atoms with Crippen molar-refractivity contribution in [3.8, 4) is 11.5 Å². The van der Waals surface area contributed by atoms with Crippen LogP contribution in [0.2, 0.25) is 5.02 Å². The number of para-hydroxylation sites is 1. The summed E-state index contributed by atoms with van der Waals surface area (Å²) in [5, 5.41) is 33.2. The maximum Gasteiger partial charge on any atom is 0.339 e. The Morgan fingerprint density at radius 1 is 0.945 bits per heavy atom. The van der Waals surface area contributed by atoms with Gasteiger partial charge in [-0.15, -0.1) is 6.58 Å². The molecule has 13 heteroatoms. The molecule has 2 aliphatic carbocycles. The number of carbonyl (C=O) groups excluding carboxylic acids is 4. The smallest absolute Gasteiger partial charge is 0.339 e. The second kappa shape index (κ2) is 13.2. The molecule has 0 bridgehead atoms. The summed E-state index contributed by atoms with van der Waals surface area (Å²) in [5.41, 5.74) is 2.94. The number of aromatic carboxylic acids is 1. The number of rotatable bonds is 8. The van der Waals surface area contributed by atoms with Crippen LogP contribution in [0.25, 0.3) is 0 Å². The first kappa shape index (κ1) is 35.7. The van der Waals surface area contributed by atoms with Crippen molar-refractivity contribution in [1.29, 1.82) is 0 Å². The molecule has 8 rings (SSSR count). The summed E-state index contributed by atoms with van der Waals surface area (Å²) in [6.07, 6.45) is 3.79. The van der Waals surface area contributed by atoms with Crippen LogP contribution in [-0.2, 0) is 31.0 Å². The molecular weight excluding hydrogens is 729 g/mol. The molecule has 4 amide bonds. The Balaban J connectivity index is 1.32. The number of benzene rings is 4. The minimum absolute atomic E-state index is 0.00659. The number of nitrogens with one attached hydrogen (secondary N) is 1. The number of hydrazine groups is 1. The van der Waals surface area contributed by atoms with Gasteiger partial charge in [0.15, 0.2) is 0 Å². The topological polar surface area (TPSA) is 165 Å². The fourth-order valence-electron chi connectivity index (χ4n) is 9.26. The van der Waals surface area contributed by atoms with Crippen molar-refractivity contribution in [3.05, 3.63) is 142 Å². The van der Waals surface area contributed by atoms with Gasteiger partial charge in [-0.1, -0.05) is 59.7 Å². The minimum Gasteiger partial charge on any atom is -0.507 e. The quantitative estimate of drug-likeness (QED) is 0.116. The third kappa shape index (κ3) is 5.34. The van der Waals surface area contributed by atoms with E-state index >= 15 is 4.79 Å². The van der Waals surface area contributed by atoms with Crippen molar-refractivity contribution in [1.82, 2.24) is 5.01 Å². The van der Waals surface area contributed by atoms with Gasteiger partial charge in [-0.25, -0.2) is 14.1 Å². The van der Waals surface area contributed by atoms with Crippen LogP contribution in [0.4, 0.5) is 15.8 Å². The molecule has 4 aromatic rings. The molecule has 1 saturated carbocycles. The number of nitrogens with zero attached hydrogens (tertiary/aromatic N) is 2. The second-order valence-corrected chi connectivity index (χ2v) is 14.7. The number of amides is 4. The zero-order valence-electron chi connectivity index (χ0n) is 29.0. The number of aromatic hydroxyl groups is 2. The largest absolute Gasteiger partial charge is 0.507 e. The van der Waals surface area contributed by atoms with Gasteiger partial charge in [0.1, 0.15) is 22.9 Å². The molecule has 0 aromatic heterocycles. The van der Waals surface area contributed by atoms with Crippen molar-refractivity contribution in [2.75, 3.05) is 10.3 Å². The van der Waals surface area contributed by atoms with Gasteiger partial charge in [0.2, 0.25) is 11.8 Å². The number of phenols is 2. The number of imide groups is 2. The number of phenolic OH excluding ortho intramolecular Hbond substituents is 1. The molecule has 0 radical (unpaired) electrons. The molecule has 4 aliphatic rings. The summed E-state index contributed by atoms with van der Waals surface area (Å²) < 4.78 is 13.9. The Bertz CT molecular complexity index is 2360. The monoisotopic (exact) mass is 761 g/mol. The molecule has 55 heavy (non-hydrogen) atoms. The van der Waals surface area contributed by atoms with E-state index < -0.39 is 81.7 Å². The van der Waals surface area contributed by atoms with E-state index in [4.69, 9.17) is 11.6 Å². The van der Waals surface area contributed by atoms with Gasteiger partial charge in [0.05, 0.1) is 34.5 Å². The lowest BCUT2D eigenvalue weighted by molar-refractivity contribution is -0.138. The number of hydrogen-bond acceptors (Lipinski definition) is 8. The normalized spacial score (nSPS) is 25.6. The van der Waals surface area contributed by atoms with E-state index in [-0.39, 0.29) is 36.4 Å². The molecule has 2 heterocycles. The number of fused-ring (bicyclic) bond motifs is 4. The third-order valence-corrected chi connectivity index (χ3v) is 11.8. The number of anilines is 2. The Morgan fingerprint density at radius 3 is 2.35 bits per heavy atom. The minimum atomic E-state index is -1.70. The molecule has 0 unspecified atom stereocenters. The lowest BCUT2D eigenvalue weighted by Crippen LogP contribution is -2.53. The van der Waals surface area contributed by atoms with Crippen LogP contribution in [0, 0.1) is 29.5 Å². The summed E-state index contributed by atoms with van der Waals surface area (Å²) in [5.74, 6) is -9.87. The number of carboxylic acid groups (broad SMARTS) is 1. The van der Waals surface area contributed by atoms with Gasteiger partial charge in [-0.3, -0.25) is 24.6 Å². The average molecular weight is 762 g/mol. The molecule has 3 fully saturated rings. The van der Waals surface area contributed by atoms with Crippen molar-refractivity contribution in [3.63, 3.8) is 0 Å². The van der Waals surface area contributed by atoms with Gasteiger partial charge in [0, 0.05) is 22.6 Å². The Morgan fingerprint density at radius 2 is 1.67 bits per heavy atom. The molecule has 278 valence electrons. The van der Waals surface area contributed by atoms with Crippen LogP contribution >= 0.6 is 11.6 Å². The highest BCUT2D eigenvalue weighted by atomic mass is 35.5. The summed E-state index contributed by atoms with van der Waals surface area (Å²) in [4.78, 5) is 71.3. The Labute approximate surface area is 318 Å². The van der Waals surface area contributed by atoms with E-state index in [1.54, 1.807) is 48.5 Å². The standard InChI is InChI=1S/C42H33ClFN3O8/c1-2-4-21-5-3-6-30(36(21)49)35-27-17-18-29-34(39(52)46(37(29)50)26-15-16-28(40(53)54)33(48)19-26)31(27)20-32-38(51)47(45-25-13-11-24(44)12-14-25)41(55)42(32,35)22-7-9-23(43)10-8-22/h2-3,5-17,19,29,31-32,34-35,45,48-49H,1,4,18,20H2,(H,53,54)/t29-,31+,32-,34-,35+,42+/m0/s1. The Kier molecular flexibility index (Phi) is 8.60. The predicted molar refractivity (Wildman–Crippen MR) is 199 cm³/mol.